The van der Waals surface area contributed by atoms with Crippen molar-refractivity contribution in [2.45, 2.75) is 30.1 Å². The first-order valence-corrected chi connectivity index (χ1v) is 12.3. The highest BCUT2D eigenvalue weighted by molar-refractivity contribution is 7.99. The van der Waals surface area contributed by atoms with Crippen molar-refractivity contribution in [1.82, 2.24) is 4.31 Å². The summed E-state index contributed by atoms with van der Waals surface area (Å²) in [5, 5.41) is 2.47. The number of nitrogens with zero attached hydrogens (tertiary/aromatic N) is 2. The molecule has 31 heavy (non-hydrogen) atoms. The number of fused-ring (bicyclic) bond motifs is 1. The second kappa shape index (κ2) is 9.80. The standard InChI is InChI=1S/C21H24FN3O4S2/c1-3-24(4-2)31(28,29)15-9-10-19-18(13-15)25(21(27)11-12-30-19)14-20(26)23-17-8-6-5-7-16(17)22/h5-10,13H,3-4,11-12,14H2,1-2H3,(H,23,26). The maximum absolute atomic E-state index is 13.9. The van der Waals surface area contributed by atoms with Crippen LogP contribution in [0.15, 0.2) is 52.3 Å². The molecule has 0 spiro atoms. The van der Waals surface area contributed by atoms with Gasteiger partial charge in [-0.25, -0.2) is 12.8 Å². The molecule has 0 fully saturated rings. The van der Waals surface area contributed by atoms with E-state index >= 15 is 0 Å². The lowest BCUT2D eigenvalue weighted by Gasteiger charge is -2.24. The molecule has 7 nitrogen and oxygen atoms in total. The van der Waals surface area contributed by atoms with Gasteiger partial charge in [-0.05, 0) is 30.3 Å². The summed E-state index contributed by atoms with van der Waals surface area (Å²) >= 11 is 1.43. The molecule has 0 bridgehead atoms. The van der Waals surface area contributed by atoms with Crippen molar-refractivity contribution in [3.8, 4) is 0 Å². The lowest BCUT2D eigenvalue weighted by molar-refractivity contribution is -0.121. The van der Waals surface area contributed by atoms with E-state index in [0.29, 0.717) is 29.4 Å². The van der Waals surface area contributed by atoms with Crippen molar-refractivity contribution in [1.29, 1.82) is 0 Å². The van der Waals surface area contributed by atoms with Crippen LogP contribution in [0, 0.1) is 5.82 Å². The van der Waals surface area contributed by atoms with Crippen LogP contribution in [0.1, 0.15) is 20.3 Å². The zero-order chi connectivity index (χ0) is 22.6. The predicted octanol–water partition coefficient (Wildman–Crippen LogP) is 3.32. The summed E-state index contributed by atoms with van der Waals surface area (Å²) in [6.45, 7) is 3.79. The molecule has 0 saturated heterocycles. The first-order valence-electron chi connectivity index (χ1n) is 9.89. The van der Waals surface area contributed by atoms with E-state index in [4.69, 9.17) is 0 Å². The van der Waals surface area contributed by atoms with Gasteiger partial charge in [-0.1, -0.05) is 26.0 Å². The number of benzene rings is 2. The minimum absolute atomic E-state index is 0.0160. The molecule has 2 aromatic carbocycles. The van der Waals surface area contributed by atoms with Crippen LogP contribution in [0.2, 0.25) is 0 Å². The quantitative estimate of drug-likeness (QED) is 0.678. The maximum atomic E-state index is 13.9. The average Bonchev–Trinajstić information content (AvgIpc) is 2.89. The molecular weight excluding hydrogens is 441 g/mol. The van der Waals surface area contributed by atoms with Crippen LogP contribution in [-0.2, 0) is 19.6 Å². The van der Waals surface area contributed by atoms with E-state index < -0.39 is 21.7 Å². The molecule has 10 heteroatoms. The minimum atomic E-state index is -3.73. The summed E-state index contributed by atoms with van der Waals surface area (Å²) in [4.78, 5) is 27.4. The third-order valence-corrected chi connectivity index (χ3v) is 8.00. The number of carbonyl (C=O) groups is 2. The number of carbonyl (C=O) groups excluding carboxylic acids is 2. The Morgan fingerprint density at radius 1 is 1.19 bits per heavy atom. The van der Waals surface area contributed by atoms with Gasteiger partial charge in [0.1, 0.15) is 12.4 Å². The van der Waals surface area contributed by atoms with E-state index in [0.717, 1.165) is 0 Å². The zero-order valence-corrected chi connectivity index (χ0v) is 18.9. The molecule has 0 aromatic heterocycles. The number of hydrogen-bond acceptors (Lipinski definition) is 5. The van der Waals surface area contributed by atoms with E-state index in [2.05, 4.69) is 5.32 Å². The van der Waals surface area contributed by atoms with E-state index in [1.165, 1.54) is 51.3 Å². The van der Waals surface area contributed by atoms with E-state index in [1.54, 1.807) is 26.0 Å². The molecule has 1 aliphatic rings. The normalized spacial score (nSPS) is 14.3. The van der Waals surface area contributed by atoms with Crippen molar-refractivity contribution in [2.24, 2.45) is 0 Å². The number of sulfonamides is 1. The number of hydrogen-bond donors (Lipinski definition) is 1. The maximum Gasteiger partial charge on any atom is 0.244 e. The van der Waals surface area contributed by atoms with Crippen molar-refractivity contribution >= 4 is 45.0 Å². The fourth-order valence-corrected chi connectivity index (χ4v) is 5.75. The molecule has 0 unspecified atom stereocenters. The Labute approximate surface area is 185 Å². The first-order chi connectivity index (χ1) is 14.8. The molecule has 0 saturated carbocycles. The minimum Gasteiger partial charge on any atom is -0.322 e. The molecule has 0 aliphatic carbocycles. The Bertz CT molecular complexity index is 1090. The van der Waals surface area contributed by atoms with Crippen molar-refractivity contribution in [3.63, 3.8) is 0 Å². The zero-order valence-electron chi connectivity index (χ0n) is 17.3. The highest BCUT2D eigenvalue weighted by Gasteiger charge is 2.28. The third-order valence-electron chi connectivity index (χ3n) is 4.89. The van der Waals surface area contributed by atoms with Crippen LogP contribution in [0.25, 0.3) is 0 Å². The Kier molecular flexibility index (Phi) is 7.34. The SMILES string of the molecule is CCN(CC)S(=O)(=O)c1ccc2c(c1)N(CC(=O)Nc1ccccc1F)C(=O)CCS2. The Morgan fingerprint density at radius 2 is 1.90 bits per heavy atom. The largest absolute Gasteiger partial charge is 0.322 e. The molecule has 1 heterocycles. The molecular formula is C21H24FN3O4S2. The fourth-order valence-electron chi connectivity index (χ4n) is 3.29. The van der Waals surface area contributed by atoms with Crippen LogP contribution in [0.3, 0.4) is 0 Å². The lowest BCUT2D eigenvalue weighted by atomic mass is 10.2. The van der Waals surface area contributed by atoms with Crippen LogP contribution in [-0.4, -0.2) is 49.9 Å². The smallest absolute Gasteiger partial charge is 0.244 e. The van der Waals surface area contributed by atoms with Crippen molar-refractivity contribution < 1.29 is 22.4 Å². The Balaban J connectivity index is 1.94. The molecule has 1 aliphatic heterocycles. The third kappa shape index (κ3) is 5.08. The Hall–Kier alpha value is -2.43. The number of rotatable bonds is 7. The van der Waals surface area contributed by atoms with Crippen LogP contribution >= 0.6 is 11.8 Å². The highest BCUT2D eigenvalue weighted by atomic mass is 32.2. The van der Waals surface area contributed by atoms with Gasteiger partial charge in [0.25, 0.3) is 0 Å². The molecule has 0 radical (unpaired) electrons. The molecule has 0 atom stereocenters. The van der Waals surface area contributed by atoms with Crippen molar-refractivity contribution in [3.05, 3.63) is 48.3 Å². The number of thioether (sulfide) groups is 1. The highest BCUT2D eigenvalue weighted by Crippen LogP contribution is 2.36. The number of amides is 2. The second-order valence-corrected chi connectivity index (χ2v) is 9.90. The Morgan fingerprint density at radius 3 is 2.58 bits per heavy atom. The second-order valence-electron chi connectivity index (χ2n) is 6.83. The van der Waals surface area contributed by atoms with Gasteiger partial charge in [-0.3, -0.25) is 9.59 Å². The number of nitrogens with one attached hydrogen (secondary N) is 1. The fraction of sp³-hybridized carbons (Fsp3) is 0.333. The number of para-hydroxylation sites is 1. The van der Waals surface area contributed by atoms with Crippen LogP contribution < -0.4 is 10.2 Å². The first kappa shape index (κ1) is 23.2. The summed E-state index contributed by atoms with van der Waals surface area (Å²) in [5.41, 5.74) is 0.381. The predicted molar refractivity (Wildman–Crippen MR) is 119 cm³/mol. The molecule has 2 aromatic rings. The van der Waals surface area contributed by atoms with Gasteiger partial charge in [-0.2, -0.15) is 4.31 Å². The van der Waals surface area contributed by atoms with E-state index in [-0.39, 0.29) is 29.5 Å². The van der Waals surface area contributed by atoms with E-state index in [9.17, 15) is 22.4 Å². The summed E-state index contributed by atoms with van der Waals surface area (Å²) in [5.74, 6) is -0.943. The van der Waals surface area contributed by atoms with Crippen molar-refractivity contribution in [2.75, 3.05) is 35.6 Å². The molecule has 1 N–H and O–H groups in total. The van der Waals surface area contributed by atoms with Gasteiger partial charge < -0.3 is 10.2 Å². The van der Waals surface area contributed by atoms with Gasteiger partial charge in [-0.15, -0.1) is 11.8 Å². The average molecular weight is 466 g/mol. The lowest BCUT2D eigenvalue weighted by Crippen LogP contribution is -2.38. The molecule has 3 rings (SSSR count). The number of anilines is 2. The topological polar surface area (TPSA) is 86.8 Å². The number of halogens is 1. The summed E-state index contributed by atoms with van der Waals surface area (Å²) < 4.78 is 41.1. The van der Waals surface area contributed by atoms with Gasteiger partial charge in [0.15, 0.2) is 0 Å². The summed E-state index contributed by atoms with van der Waals surface area (Å²) in [6, 6.07) is 10.4. The van der Waals surface area contributed by atoms with Gasteiger partial charge in [0.2, 0.25) is 21.8 Å². The monoisotopic (exact) mass is 465 g/mol. The van der Waals surface area contributed by atoms with Crippen LogP contribution in [0.5, 0.6) is 0 Å². The molecule has 166 valence electrons. The van der Waals surface area contributed by atoms with Gasteiger partial charge in [0, 0.05) is 30.2 Å². The van der Waals surface area contributed by atoms with Gasteiger partial charge in [0.05, 0.1) is 16.3 Å². The van der Waals surface area contributed by atoms with Crippen LogP contribution in [0.4, 0.5) is 15.8 Å². The van der Waals surface area contributed by atoms with Gasteiger partial charge >= 0.3 is 0 Å². The summed E-state index contributed by atoms with van der Waals surface area (Å²) in [6.07, 6.45) is 0.199. The molecule has 2 amide bonds. The summed E-state index contributed by atoms with van der Waals surface area (Å²) in [7, 11) is -3.73. The van der Waals surface area contributed by atoms with E-state index in [1.807, 2.05) is 0 Å².